The fourth-order valence-corrected chi connectivity index (χ4v) is 4.49. The van der Waals surface area contributed by atoms with Crippen LogP contribution in [0.15, 0.2) is 76.0 Å². The van der Waals surface area contributed by atoms with Gasteiger partial charge in [0.15, 0.2) is 11.9 Å². The highest BCUT2D eigenvalue weighted by Gasteiger charge is 2.48. The molecule has 13 heteroatoms. The van der Waals surface area contributed by atoms with E-state index >= 15 is 0 Å². The number of aromatic hydroxyl groups is 4. The molecule has 1 aromatic heterocycles. The molecule has 0 bridgehead atoms. The Kier molecular flexibility index (Phi) is 8.23. The van der Waals surface area contributed by atoms with E-state index < -0.39 is 66.0 Å². The molecule has 1 aliphatic heterocycles. The van der Waals surface area contributed by atoms with Gasteiger partial charge in [-0.25, -0.2) is 4.79 Å². The number of phenolic OH excluding ortho intramolecular Hbond substituents is 4. The summed E-state index contributed by atoms with van der Waals surface area (Å²) in [6.45, 7) is -0.781. The Morgan fingerprint density at radius 3 is 2.19 bits per heavy atom. The van der Waals surface area contributed by atoms with Crippen LogP contribution in [0.3, 0.4) is 0 Å². The molecule has 0 spiro atoms. The number of aliphatic hydroxyl groups is 3. The Bertz CT molecular complexity index is 1710. The maximum absolute atomic E-state index is 13.7. The first kappa shape index (κ1) is 29.4. The zero-order chi connectivity index (χ0) is 30.8. The van der Waals surface area contributed by atoms with E-state index in [1.54, 1.807) is 0 Å². The van der Waals surface area contributed by atoms with Crippen molar-refractivity contribution in [2.24, 2.45) is 0 Å². The monoisotopic (exact) mass is 594 g/mol. The third-order valence-corrected chi connectivity index (χ3v) is 6.66. The fraction of sp³-hybridized carbons (Fsp3) is 0.200. The van der Waals surface area contributed by atoms with Gasteiger partial charge in [0.05, 0.1) is 6.61 Å². The fourth-order valence-electron chi connectivity index (χ4n) is 4.49. The van der Waals surface area contributed by atoms with E-state index in [1.165, 1.54) is 54.6 Å². The SMILES string of the molecule is O=C(/C=C/c1ccc(O)cc1)O[C@H]1[C@H](Oc2c(-c3ccc(O)cc3)oc3cc(O)cc(O)c3c2=O)O[C@H](CO)[C@@H](O)[C@@H]1O. The van der Waals surface area contributed by atoms with Gasteiger partial charge < -0.3 is 54.4 Å². The molecule has 5 atom stereocenters. The highest BCUT2D eigenvalue weighted by molar-refractivity contribution is 5.88. The molecule has 2 heterocycles. The predicted octanol–water partition coefficient (Wildman–Crippen LogP) is 1.73. The number of benzene rings is 3. The van der Waals surface area contributed by atoms with Gasteiger partial charge >= 0.3 is 5.97 Å². The van der Waals surface area contributed by atoms with Crippen LogP contribution in [0.1, 0.15) is 5.56 Å². The molecule has 1 saturated heterocycles. The standard InChI is InChI=1S/C30H26O13/c31-13-21-24(37)26(39)29(42-22(36)10-3-14-1-6-16(32)7-2-14)30(41-21)43-28-25(38)23-19(35)11-18(34)12-20(23)40-27(28)15-4-8-17(33)9-5-15/h1-12,21,24,26,29-35,37,39H,13H2/b10-3+/t21-,24-,26+,29-,30+/m1/s1. The van der Waals surface area contributed by atoms with Crippen molar-refractivity contribution in [1.82, 2.24) is 0 Å². The summed E-state index contributed by atoms with van der Waals surface area (Å²) in [5.41, 5.74) is -0.422. The molecule has 7 N–H and O–H groups in total. The number of phenols is 4. The van der Waals surface area contributed by atoms with Crippen molar-refractivity contribution < 1.29 is 59.2 Å². The molecule has 43 heavy (non-hydrogen) atoms. The lowest BCUT2D eigenvalue weighted by Crippen LogP contribution is -2.61. The molecule has 0 aliphatic carbocycles. The summed E-state index contributed by atoms with van der Waals surface area (Å²) in [6, 6.07) is 13.2. The first-order valence-corrected chi connectivity index (χ1v) is 12.8. The highest BCUT2D eigenvalue weighted by Crippen LogP contribution is 2.37. The van der Waals surface area contributed by atoms with E-state index in [9.17, 15) is 45.3 Å². The van der Waals surface area contributed by atoms with Gasteiger partial charge in [0.1, 0.15) is 52.3 Å². The maximum Gasteiger partial charge on any atom is 0.331 e. The maximum atomic E-state index is 13.7. The van der Waals surface area contributed by atoms with Crippen LogP contribution < -0.4 is 10.2 Å². The summed E-state index contributed by atoms with van der Waals surface area (Å²) in [7, 11) is 0. The molecule has 0 saturated carbocycles. The number of carbonyl (C=O) groups is 1. The summed E-state index contributed by atoms with van der Waals surface area (Å²) >= 11 is 0. The van der Waals surface area contributed by atoms with Gasteiger partial charge in [0, 0.05) is 23.8 Å². The summed E-state index contributed by atoms with van der Waals surface area (Å²) in [4.78, 5) is 26.4. The van der Waals surface area contributed by atoms with Crippen molar-refractivity contribution >= 4 is 23.0 Å². The molecule has 3 aromatic carbocycles. The Morgan fingerprint density at radius 2 is 1.53 bits per heavy atom. The van der Waals surface area contributed by atoms with Crippen LogP contribution in [-0.4, -0.2) is 79.0 Å². The first-order chi connectivity index (χ1) is 20.5. The van der Waals surface area contributed by atoms with E-state index in [0.717, 1.165) is 18.2 Å². The second kappa shape index (κ2) is 12.0. The van der Waals surface area contributed by atoms with Crippen molar-refractivity contribution in [3.8, 4) is 40.1 Å². The molecule has 13 nitrogen and oxygen atoms in total. The lowest BCUT2D eigenvalue weighted by Gasteiger charge is -2.41. The van der Waals surface area contributed by atoms with Gasteiger partial charge in [-0.2, -0.15) is 0 Å². The number of rotatable bonds is 7. The molecular formula is C30H26O13. The van der Waals surface area contributed by atoms with E-state index in [4.69, 9.17) is 18.6 Å². The number of ether oxygens (including phenoxy) is 3. The molecule has 1 aliphatic rings. The molecule has 0 unspecified atom stereocenters. The second-order valence-corrected chi connectivity index (χ2v) is 9.63. The summed E-state index contributed by atoms with van der Waals surface area (Å²) in [5, 5.41) is 70.2. The minimum Gasteiger partial charge on any atom is -0.508 e. The van der Waals surface area contributed by atoms with E-state index in [0.29, 0.717) is 5.56 Å². The van der Waals surface area contributed by atoms with E-state index in [2.05, 4.69) is 0 Å². The Labute approximate surface area is 242 Å². The summed E-state index contributed by atoms with van der Waals surface area (Å²) < 4.78 is 22.7. The first-order valence-electron chi connectivity index (χ1n) is 12.8. The Hall–Kier alpha value is -5.08. The third kappa shape index (κ3) is 6.10. The summed E-state index contributed by atoms with van der Waals surface area (Å²) in [5.74, 6) is -2.94. The molecule has 224 valence electrons. The van der Waals surface area contributed by atoms with Crippen LogP contribution in [0.5, 0.6) is 28.7 Å². The lowest BCUT2D eigenvalue weighted by atomic mass is 9.99. The smallest absolute Gasteiger partial charge is 0.331 e. The van der Waals surface area contributed by atoms with Crippen LogP contribution in [0.2, 0.25) is 0 Å². The van der Waals surface area contributed by atoms with Crippen LogP contribution in [0.25, 0.3) is 28.4 Å². The minimum absolute atomic E-state index is 0.0181. The van der Waals surface area contributed by atoms with Gasteiger partial charge in [-0.3, -0.25) is 4.79 Å². The third-order valence-electron chi connectivity index (χ3n) is 6.66. The number of carbonyl (C=O) groups excluding carboxylic acids is 1. The number of hydrogen-bond donors (Lipinski definition) is 7. The highest BCUT2D eigenvalue weighted by atomic mass is 16.7. The van der Waals surface area contributed by atoms with Crippen molar-refractivity contribution in [2.45, 2.75) is 30.7 Å². The second-order valence-electron chi connectivity index (χ2n) is 9.63. The quantitative estimate of drug-likeness (QED) is 0.120. The topological polar surface area (TPSA) is 217 Å². The lowest BCUT2D eigenvalue weighted by molar-refractivity contribution is -0.281. The van der Waals surface area contributed by atoms with Crippen LogP contribution in [-0.2, 0) is 14.3 Å². The molecule has 4 aromatic rings. The predicted molar refractivity (Wildman–Crippen MR) is 148 cm³/mol. The van der Waals surface area contributed by atoms with E-state index in [1.807, 2.05) is 0 Å². The van der Waals surface area contributed by atoms with Crippen LogP contribution in [0.4, 0.5) is 0 Å². The number of aliphatic hydroxyl groups excluding tert-OH is 3. The number of esters is 1. The van der Waals surface area contributed by atoms with Crippen molar-refractivity contribution in [3.05, 3.63) is 82.5 Å². The van der Waals surface area contributed by atoms with Crippen LogP contribution >= 0.6 is 0 Å². The molecule has 0 amide bonds. The van der Waals surface area contributed by atoms with Gasteiger partial charge in [-0.05, 0) is 48.0 Å². The van der Waals surface area contributed by atoms with Gasteiger partial charge in [-0.15, -0.1) is 0 Å². The molecule has 0 radical (unpaired) electrons. The molecule has 1 fully saturated rings. The average Bonchev–Trinajstić information content (AvgIpc) is 2.97. The van der Waals surface area contributed by atoms with Gasteiger partial charge in [0.25, 0.3) is 0 Å². The van der Waals surface area contributed by atoms with Gasteiger partial charge in [0.2, 0.25) is 17.5 Å². The Balaban J connectivity index is 1.55. The van der Waals surface area contributed by atoms with Crippen molar-refractivity contribution in [3.63, 3.8) is 0 Å². The normalized spacial score (nSPS) is 22.1. The average molecular weight is 595 g/mol. The van der Waals surface area contributed by atoms with Crippen molar-refractivity contribution in [2.75, 3.05) is 6.61 Å². The van der Waals surface area contributed by atoms with Crippen molar-refractivity contribution in [1.29, 1.82) is 0 Å². The molecular weight excluding hydrogens is 568 g/mol. The molecule has 5 rings (SSSR count). The number of hydrogen-bond acceptors (Lipinski definition) is 13. The van der Waals surface area contributed by atoms with Crippen LogP contribution in [0, 0.1) is 0 Å². The zero-order valence-electron chi connectivity index (χ0n) is 22.1. The van der Waals surface area contributed by atoms with Gasteiger partial charge in [-0.1, -0.05) is 12.1 Å². The minimum atomic E-state index is -1.85. The largest absolute Gasteiger partial charge is 0.508 e. The zero-order valence-corrected chi connectivity index (χ0v) is 22.1. The summed E-state index contributed by atoms with van der Waals surface area (Å²) in [6.07, 6.45) is -6.16. The van der Waals surface area contributed by atoms with E-state index in [-0.39, 0.29) is 33.8 Å². The number of fused-ring (bicyclic) bond motifs is 1. The Morgan fingerprint density at radius 1 is 0.884 bits per heavy atom.